The van der Waals surface area contributed by atoms with Crippen LogP contribution in [0.2, 0.25) is 0 Å². The lowest BCUT2D eigenvalue weighted by Gasteiger charge is -2.04. The highest BCUT2D eigenvalue weighted by molar-refractivity contribution is 5.38. The molecular formula is C10H13O. The summed E-state index contributed by atoms with van der Waals surface area (Å²) in [5.74, 6) is 0.187. The first kappa shape index (κ1) is 8.12. The lowest BCUT2D eigenvalue weighted by molar-refractivity contribution is 0.349. The van der Waals surface area contributed by atoms with E-state index in [-0.39, 0.29) is 5.75 Å². The predicted octanol–water partition coefficient (Wildman–Crippen LogP) is 2.96. The molecule has 0 amide bonds. The van der Waals surface area contributed by atoms with Gasteiger partial charge in [-0.3, -0.25) is 5.11 Å². The zero-order valence-corrected chi connectivity index (χ0v) is 7.05. The molecular weight excluding hydrogens is 136 g/mol. The molecule has 0 unspecified atom stereocenters. The molecule has 0 saturated heterocycles. The SMILES string of the molecule is CCc1cccc([O])c1CC. The quantitative estimate of drug-likeness (QED) is 0.616. The Labute approximate surface area is 67.7 Å². The number of rotatable bonds is 2. The molecule has 1 radical (unpaired) electrons. The Morgan fingerprint density at radius 1 is 1.18 bits per heavy atom. The number of hydrogen-bond acceptors (Lipinski definition) is 0. The van der Waals surface area contributed by atoms with E-state index in [0.29, 0.717) is 0 Å². The molecule has 0 heterocycles. The average Bonchev–Trinajstić information content (AvgIpc) is 2.04. The van der Waals surface area contributed by atoms with Gasteiger partial charge in [0.15, 0.2) is 5.75 Å². The van der Waals surface area contributed by atoms with Gasteiger partial charge in [-0.2, -0.15) is 0 Å². The summed E-state index contributed by atoms with van der Waals surface area (Å²) in [5, 5.41) is 11.2. The maximum atomic E-state index is 11.2. The molecule has 1 aromatic rings. The van der Waals surface area contributed by atoms with Crippen molar-refractivity contribution in [3.63, 3.8) is 0 Å². The molecule has 0 saturated carbocycles. The van der Waals surface area contributed by atoms with Crippen molar-refractivity contribution in [1.82, 2.24) is 0 Å². The standard InChI is InChI=1S/C10H13O/c1-3-8-6-5-7-10(11)9(8)4-2/h5-7H,3-4H2,1-2H3. The largest absolute Gasteiger partial charge is 0.290 e. The van der Waals surface area contributed by atoms with E-state index < -0.39 is 0 Å². The van der Waals surface area contributed by atoms with E-state index in [9.17, 15) is 5.11 Å². The van der Waals surface area contributed by atoms with Crippen LogP contribution in [0.3, 0.4) is 0 Å². The van der Waals surface area contributed by atoms with E-state index in [1.165, 1.54) is 5.56 Å². The van der Waals surface area contributed by atoms with Crippen molar-refractivity contribution in [2.24, 2.45) is 0 Å². The summed E-state index contributed by atoms with van der Waals surface area (Å²) in [7, 11) is 0. The Balaban J connectivity index is 3.13. The highest BCUT2D eigenvalue weighted by Crippen LogP contribution is 2.22. The second-order valence-electron chi connectivity index (χ2n) is 2.60. The lowest BCUT2D eigenvalue weighted by atomic mass is 10.0. The van der Waals surface area contributed by atoms with Crippen molar-refractivity contribution in [2.75, 3.05) is 0 Å². The number of benzene rings is 1. The average molecular weight is 149 g/mol. The van der Waals surface area contributed by atoms with Gasteiger partial charge >= 0.3 is 0 Å². The van der Waals surface area contributed by atoms with Crippen LogP contribution in [0.5, 0.6) is 5.75 Å². The molecule has 0 aliphatic carbocycles. The zero-order valence-electron chi connectivity index (χ0n) is 7.05. The van der Waals surface area contributed by atoms with Crippen molar-refractivity contribution in [3.8, 4) is 5.75 Å². The van der Waals surface area contributed by atoms with Gasteiger partial charge in [0.1, 0.15) is 0 Å². The van der Waals surface area contributed by atoms with Crippen LogP contribution >= 0.6 is 0 Å². The fourth-order valence-corrected chi connectivity index (χ4v) is 1.34. The first-order valence-corrected chi connectivity index (χ1v) is 4.07. The highest BCUT2D eigenvalue weighted by Gasteiger charge is 2.03. The van der Waals surface area contributed by atoms with Crippen LogP contribution in [0, 0.1) is 0 Å². The van der Waals surface area contributed by atoms with Crippen LogP contribution in [-0.2, 0) is 17.9 Å². The molecule has 0 aromatic heterocycles. The molecule has 1 aromatic carbocycles. The first-order chi connectivity index (χ1) is 5.29. The maximum absolute atomic E-state index is 11.2. The van der Waals surface area contributed by atoms with Crippen LogP contribution in [0.25, 0.3) is 0 Å². The van der Waals surface area contributed by atoms with E-state index >= 15 is 0 Å². The summed E-state index contributed by atoms with van der Waals surface area (Å²) in [5.41, 5.74) is 2.18. The first-order valence-electron chi connectivity index (χ1n) is 4.07. The highest BCUT2D eigenvalue weighted by atomic mass is 16.3. The van der Waals surface area contributed by atoms with Crippen molar-refractivity contribution in [1.29, 1.82) is 0 Å². The van der Waals surface area contributed by atoms with Gasteiger partial charge < -0.3 is 0 Å². The third-order valence-corrected chi connectivity index (χ3v) is 1.96. The number of aryl methyl sites for hydroxylation is 1. The molecule has 1 heteroatoms. The summed E-state index contributed by atoms with van der Waals surface area (Å²) < 4.78 is 0. The molecule has 59 valence electrons. The second kappa shape index (κ2) is 3.42. The second-order valence-corrected chi connectivity index (χ2v) is 2.60. The maximum Gasteiger partial charge on any atom is 0.182 e. The van der Waals surface area contributed by atoms with E-state index in [4.69, 9.17) is 0 Å². The molecule has 11 heavy (non-hydrogen) atoms. The Hall–Kier alpha value is -0.980. The van der Waals surface area contributed by atoms with E-state index in [1.807, 2.05) is 19.1 Å². The topological polar surface area (TPSA) is 19.9 Å². The molecule has 0 aliphatic heterocycles. The summed E-state index contributed by atoms with van der Waals surface area (Å²) in [6.45, 7) is 4.10. The normalized spacial score (nSPS) is 10.0. The summed E-state index contributed by atoms with van der Waals surface area (Å²) >= 11 is 0. The van der Waals surface area contributed by atoms with Crippen molar-refractivity contribution >= 4 is 0 Å². The van der Waals surface area contributed by atoms with Gasteiger partial charge in [-0.1, -0.05) is 26.0 Å². The molecule has 1 nitrogen and oxygen atoms in total. The minimum absolute atomic E-state index is 0.187. The molecule has 0 spiro atoms. The Morgan fingerprint density at radius 2 is 1.91 bits per heavy atom. The minimum Gasteiger partial charge on any atom is -0.290 e. The van der Waals surface area contributed by atoms with Gasteiger partial charge in [-0.05, 0) is 24.5 Å². The molecule has 0 aliphatic rings. The van der Waals surface area contributed by atoms with Crippen molar-refractivity contribution < 1.29 is 5.11 Å². The smallest absolute Gasteiger partial charge is 0.182 e. The van der Waals surface area contributed by atoms with Gasteiger partial charge in [0.05, 0.1) is 0 Å². The monoisotopic (exact) mass is 149 g/mol. The van der Waals surface area contributed by atoms with Crippen LogP contribution in [0.15, 0.2) is 18.2 Å². The summed E-state index contributed by atoms with van der Waals surface area (Å²) in [6, 6.07) is 5.50. The molecule has 0 fully saturated rings. The van der Waals surface area contributed by atoms with Crippen LogP contribution in [-0.4, -0.2) is 0 Å². The van der Waals surface area contributed by atoms with Crippen LogP contribution in [0.1, 0.15) is 25.0 Å². The predicted molar refractivity (Wildman–Crippen MR) is 45.3 cm³/mol. The Bertz CT molecular complexity index is 241. The van der Waals surface area contributed by atoms with Crippen LogP contribution < -0.4 is 0 Å². The van der Waals surface area contributed by atoms with Gasteiger partial charge in [0.25, 0.3) is 0 Å². The van der Waals surface area contributed by atoms with Crippen molar-refractivity contribution in [3.05, 3.63) is 29.3 Å². The van der Waals surface area contributed by atoms with Gasteiger partial charge in [-0.15, -0.1) is 0 Å². The van der Waals surface area contributed by atoms with E-state index in [1.54, 1.807) is 6.07 Å². The third kappa shape index (κ3) is 1.53. The van der Waals surface area contributed by atoms with E-state index in [0.717, 1.165) is 18.4 Å². The molecule has 0 N–H and O–H groups in total. The molecule has 0 bridgehead atoms. The van der Waals surface area contributed by atoms with Gasteiger partial charge in [0.2, 0.25) is 0 Å². The van der Waals surface area contributed by atoms with Crippen LogP contribution in [0.4, 0.5) is 0 Å². The fraction of sp³-hybridized carbons (Fsp3) is 0.400. The van der Waals surface area contributed by atoms with Gasteiger partial charge in [0, 0.05) is 5.56 Å². The Kier molecular flexibility index (Phi) is 2.53. The summed E-state index contributed by atoms with van der Waals surface area (Å²) in [4.78, 5) is 0. The summed E-state index contributed by atoms with van der Waals surface area (Å²) in [6.07, 6.45) is 1.81. The molecule has 1 rings (SSSR count). The molecule has 0 atom stereocenters. The third-order valence-electron chi connectivity index (χ3n) is 1.96. The number of hydrogen-bond donors (Lipinski definition) is 0. The van der Waals surface area contributed by atoms with Gasteiger partial charge in [-0.25, -0.2) is 0 Å². The zero-order chi connectivity index (χ0) is 8.27. The minimum atomic E-state index is 0.187. The van der Waals surface area contributed by atoms with E-state index in [2.05, 4.69) is 6.92 Å². The lowest BCUT2D eigenvalue weighted by Crippen LogP contribution is -1.89. The van der Waals surface area contributed by atoms with Crippen molar-refractivity contribution in [2.45, 2.75) is 26.7 Å². The fourth-order valence-electron chi connectivity index (χ4n) is 1.34. The Morgan fingerprint density at radius 3 is 2.36 bits per heavy atom.